The molecule has 132 valence electrons. The summed E-state index contributed by atoms with van der Waals surface area (Å²) >= 11 is 5.78. The van der Waals surface area contributed by atoms with Crippen LogP contribution in [0.3, 0.4) is 0 Å². The average Bonchev–Trinajstić information content (AvgIpc) is 2.56. The van der Waals surface area contributed by atoms with E-state index in [0.717, 1.165) is 6.42 Å². The van der Waals surface area contributed by atoms with E-state index < -0.39 is 5.54 Å². The van der Waals surface area contributed by atoms with Crippen LogP contribution in [0.2, 0.25) is 5.02 Å². The summed E-state index contributed by atoms with van der Waals surface area (Å²) in [5.41, 5.74) is 5.30. The Labute approximate surface area is 147 Å². The Morgan fingerprint density at radius 2 is 2.08 bits per heavy atom. The molecule has 1 aromatic heterocycles. The van der Waals surface area contributed by atoms with Crippen molar-refractivity contribution in [3.8, 4) is 0 Å². The normalized spacial score (nSPS) is 18.1. The maximum Gasteiger partial charge on any atom is 0.242 e. The highest BCUT2D eigenvalue weighted by molar-refractivity contribution is 6.30. The van der Waals surface area contributed by atoms with Crippen LogP contribution in [-0.2, 0) is 9.59 Å². The van der Waals surface area contributed by atoms with Gasteiger partial charge in [0.1, 0.15) is 5.82 Å². The lowest BCUT2D eigenvalue weighted by molar-refractivity contribution is -0.139. The van der Waals surface area contributed by atoms with Crippen molar-refractivity contribution >= 4 is 29.2 Å². The van der Waals surface area contributed by atoms with Crippen LogP contribution in [0, 0.1) is 5.92 Å². The van der Waals surface area contributed by atoms with Gasteiger partial charge in [-0.15, -0.1) is 0 Å². The lowest BCUT2D eigenvalue weighted by Gasteiger charge is -2.36. The van der Waals surface area contributed by atoms with Crippen LogP contribution in [0.25, 0.3) is 0 Å². The summed E-state index contributed by atoms with van der Waals surface area (Å²) in [6, 6.07) is 3.35. The van der Waals surface area contributed by atoms with Crippen molar-refractivity contribution in [2.75, 3.05) is 18.4 Å². The maximum atomic E-state index is 12.5. The number of likely N-dealkylation sites (tertiary alicyclic amines) is 1. The second-order valence-corrected chi connectivity index (χ2v) is 7.02. The molecule has 7 heteroatoms. The Morgan fingerprint density at radius 1 is 1.42 bits per heavy atom. The Bertz CT molecular complexity index is 581. The van der Waals surface area contributed by atoms with Gasteiger partial charge in [-0.25, -0.2) is 4.98 Å². The molecule has 0 radical (unpaired) electrons. The van der Waals surface area contributed by atoms with E-state index in [-0.39, 0.29) is 17.7 Å². The van der Waals surface area contributed by atoms with E-state index in [0.29, 0.717) is 43.2 Å². The topological polar surface area (TPSA) is 88.3 Å². The third-order valence-corrected chi connectivity index (χ3v) is 4.61. The van der Waals surface area contributed by atoms with Crippen LogP contribution in [0.4, 0.5) is 5.82 Å². The van der Waals surface area contributed by atoms with Gasteiger partial charge in [0.05, 0.1) is 10.6 Å². The predicted octanol–water partition coefficient (Wildman–Crippen LogP) is 2.43. The first kappa shape index (κ1) is 18.7. The molecule has 2 amide bonds. The first-order chi connectivity index (χ1) is 11.3. The number of piperidine rings is 1. The van der Waals surface area contributed by atoms with Gasteiger partial charge in [0.25, 0.3) is 0 Å². The number of pyridine rings is 1. The molecular weight excluding hydrogens is 328 g/mol. The van der Waals surface area contributed by atoms with E-state index in [4.69, 9.17) is 17.3 Å². The lowest BCUT2D eigenvalue weighted by Crippen LogP contribution is -2.55. The van der Waals surface area contributed by atoms with Crippen LogP contribution in [0.15, 0.2) is 18.3 Å². The minimum Gasteiger partial charge on any atom is -0.341 e. The largest absolute Gasteiger partial charge is 0.341 e. The van der Waals surface area contributed by atoms with Gasteiger partial charge in [0, 0.05) is 25.2 Å². The Balaban J connectivity index is 1.86. The minimum atomic E-state index is -0.822. The number of halogens is 1. The Kier molecular flexibility index (Phi) is 6.18. The van der Waals surface area contributed by atoms with E-state index in [1.165, 1.54) is 6.20 Å². The van der Waals surface area contributed by atoms with Gasteiger partial charge in [-0.1, -0.05) is 24.9 Å². The number of carbonyl (C=O) groups is 2. The molecule has 3 N–H and O–H groups in total. The number of nitrogens with zero attached hydrogens (tertiary/aromatic N) is 2. The quantitative estimate of drug-likeness (QED) is 0.851. The van der Waals surface area contributed by atoms with Gasteiger partial charge < -0.3 is 16.0 Å². The number of carbonyl (C=O) groups excluding carboxylic acids is 2. The number of hydrogen-bond donors (Lipinski definition) is 2. The van der Waals surface area contributed by atoms with Gasteiger partial charge in [-0.05, 0) is 38.3 Å². The first-order valence-electron chi connectivity index (χ1n) is 8.34. The van der Waals surface area contributed by atoms with Crippen molar-refractivity contribution in [1.29, 1.82) is 0 Å². The van der Waals surface area contributed by atoms with Crippen molar-refractivity contribution in [3.05, 3.63) is 23.4 Å². The number of nitrogens with one attached hydrogen (secondary N) is 1. The van der Waals surface area contributed by atoms with Crippen molar-refractivity contribution < 1.29 is 9.59 Å². The number of aromatic nitrogens is 1. The van der Waals surface area contributed by atoms with Crippen LogP contribution in [-0.4, -0.2) is 40.3 Å². The summed E-state index contributed by atoms with van der Waals surface area (Å²) < 4.78 is 0. The molecule has 1 saturated heterocycles. The lowest BCUT2D eigenvalue weighted by atomic mass is 9.91. The Hall–Kier alpha value is -1.66. The van der Waals surface area contributed by atoms with E-state index in [9.17, 15) is 9.59 Å². The molecule has 0 saturated carbocycles. The van der Waals surface area contributed by atoms with Crippen LogP contribution in [0.1, 0.15) is 39.5 Å². The van der Waals surface area contributed by atoms with Gasteiger partial charge >= 0.3 is 0 Å². The summed E-state index contributed by atoms with van der Waals surface area (Å²) in [6.07, 6.45) is 4.29. The summed E-state index contributed by atoms with van der Waals surface area (Å²) in [5, 5.41) is 3.32. The maximum absolute atomic E-state index is 12.5. The third kappa shape index (κ3) is 4.68. The fourth-order valence-corrected chi connectivity index (χ4v) is 3.12. The molecule has 1 fully saturated rings. The summed E-state index contributed by atoms with van der Waals surface area (Å²) in [6.45, 7) is 4.91. The molecule has 0 aliphatic carbocycles. The first-order valence-corrected chi connectivity index (χ1v) is 8.72. The summed E-state index contributed by atoms with van der Waals surface area (Å²) in [7, 11) is 0. The zero-order valence-electron chi connectivity index (χ0n) is 14.2. The highest BCUT2D eigenvalue weighted by Gasteiger charge is 2.35. The summed E-state index contributed by atoms with van der Waals surface area (Å²) in [5.74, 6) is 0.269. The molecule has 6 nitrogen and oxygen atoms in total. The highest BCUT2D eigenvalue weighted by Crippen LogP contribution is 2.22. The molecule has 0 spiro atoms. The highest BCUT2D eigenvalue weighted by atomic mass is 35.5. The van der Waals surface area contributed by atoms with Crippen LogP contribution >= 0.6 is 11.6 Å². The number of hydrogen-bond acceptors (Lipinski definition) is 4. The molecule has 1 aromatic rings. The zero-order chi connectivity index (χ0) is 17.7. The second kappa shape index (κ2) is 7.94. The van der Waals surface area contributed by atoms with E-state index >= 15 is 0 Å². The summed E-state index contributed by atoms with van der Waals surface area (Å²) in [4.78, 5) is 30.6. The molecule has 2 heterocycles. The van der Waals surface area contributed by atoms with E-state index in [1.807, 2.05) is 6.92 Å². The fourth-order valence-electron chi connectivity index (χ4n) is 3.01. The van der Waals surface area contributed by atoms with Gasteiger partial charge in [0.15, 0.2) is 0 Å². The van der Waals surface area contributed by atoms with E-state index in [2.05, 4.69) is 10.3 Å². The number of rotatable bonds is 5. The van der Waals surface area contributed by atoms with Crippen molar-refractivity contribution in [1.82, 2.24) is 9.88 Å². The smallest absolute Gasteiger partial charge is 0.242 e. The fraction of sp³-hybridized carbons (Fsp3) is 0.588. The number of amides is 2. The molecule has 1 unspecified atom stereocenters. The molecule has 1 atom stereocenters. The zero-order valence-corrected chi connectivity index (χ0v) is 15.0. The minimum absolute atomic E-state index is 0.0254. The van der Waals surface area contributed by atoms with Gasteiger partial charge in [-0.3, -0.25) is 9.59 Å². The predicted molar refractivity (Wildman–Crippen MR) is 94.7 cm³/mol. The number of nitrogens with two attached hydrogens (primary N) is 1. The average molecular weight is 353 g/mol. The monoisotopic (exact) mass is 352 g/mol. The van der Waals surface area contributed by atoms with Crippen molar-refractivity contribution in [2.45, 2.75) is 45.1 Å². The second-order valence-electron chi connectivity index (χ2n) is 6.58. The molecule has 2 rings (SSSR count). The standard InChI is InChI=1S/C17H25ClN4O2/c1-3-8-17(2,19)16(24)22-9-6-12(7-10-22)15(23)21-14-5-4-13(18)11-20-14/h4-5,11-12H,3,6-10,19H2,1-2H3,(H,20,21,23). The molecular formula is C17H25ClN4O2. The van der Waals surface area contributed by atoms with Crippen LogP contribution in [0.5, 0.6) is 0 Å². The Morgan fingerprint density at radius 3 is 2.62 bits per heavy atom. The molecule has 1 aliphatic rings. The number of anilines is 1. The molecule has 0 bridgehead atoms. The van der Waals surface area contributed by atoms with E-state index in [1.54, 1.807) is 24.0 Å². The third-order valence-electron chi connectivity index (χ3n) is 4.39. The van der Waals surface area contributed by atoms with Crippen LogP contribution < -0.4 is 11.1 Å². The molecule has 24 heavy (non-hydrogen) atoms. The van der Waals surface area contributed by atoms with Gasteiger partial charge in [0.2, 0.25) is 11.8 Å². The molecule has 1 aliphatic heterocycles. The SMILES string of the molecule is CCCC(C)(N)C(=O)N1CCC(C(=O)Nc2ccc(Cl)cn2)CC1. The van der Waals surface area contributed by atoms with Crippen molar-refractivity contribution in [2.24, 2.45) is 11.7 Å². The van der Waals surface area contributed by atoms with Crippen molar-refractivity contribution in [3.63, 3.8) is 0 Å². The van der Waals surface area contributed by atoms with Gasteiger partial charge in [-0.2, -0.15) is 0 Å². The molecule has 0 aromatic carbocycles.